The van der Waals surface area contributed by atoms with Gasteiger partial charge >= 0.3 is 6.18 Å². The Kier molecular flexibility index (Phi) is 7.08. The minimum absolute atomic E-state index is 0.112. The molecule has 2 aliphatic heterocycles. The van der Waals surface area contributed by atoms with Crippen LogP contribution in [0.5, 0.6) is 0 Å². The van der Waals surface area contributed by atoms with E-state index in [1.54, 1.807) is 6.07 Å². The highest BCUT2D eigenvalue weighted by molar-refractivity contribution is 5.84. The first-order valence-corrected chi connectivity index (χ1v) is 12.1. The summed E-state index contributed by atoms with van der Waals surface area (Å²) in [4.78, 5) is 15.7. The second-order valence-corrected chi connectivity index (χ2v) is 10.3. The monoisotopic (exact) mass is 468 g/mol. The molecule has 1 saturated heterocycles. The molecule has 0 aromatic heterocycles. The third kappa shape index (κ3) is 5.08. The Morgan fingerprint density at radius 2 is 1.91 bits per heavy atom. The number of amides is 1. The number of hydrogen-bond donors (Lipinski definition) is 2. The maximum absolute atomic E-state index is 13.8. The van der Waals surface area contributed by atoms with Gasteiger partial charge in [0.2, 0.25) is 5.91 Å². The van der Waals surface area contributed by atoms with Crippen molar-refractivity contribution in [2.45, 2.75) is 83.3 Å². The summed E-state index contributed by atoms with van der Waals surface area (Å²) in [5.41, 5.74) is 1.02. The molecule has 8 heteroatoms. The summed E-state index contributed by atoms with van der Waals surface area (Å²) in [7, 11) is 0. The molecule has 4 rings (SSSR count). The van der Waals surface area contributed by atoms with Crippen molar-refractivity contribution in [3.05, 3.63) is 34.9 Å². The molecule has 33 heavy (non-hydrogen) atoms. The molecule has 1 aliphatic carbocycles. The third-order valence-corrected chi connectivity index (χ3v) is 7.93. The average Bonchev–Trinajstić information content (AvgIpc) is 3.22. The molecule has 3 aliphatic rings. The number of rotatable bonds is 5. The number of benzene rings is 1. The van der Waals surface area contributed by atoms with Crippen molar-refractivity contribution in [2.24, 2.45) is 11.3 Å². The van der Waals surface area contributed by atoms with Crippen molar-refractivity contribution in [2.75, 3.05) is 19.8 Å². The van der Waals surface area contributed by atoms with Crippen molar-refractivity contribution in [1.82, 2.24) is 10.2 Å². The van der Waals surface area contributed by atoms with Crippen molar-refractivity contribution in [3.8, 4) is 0 Å². The molecule has 2 fully saturated rings. The molecular weight excluding hydrogens is 433 g/mol. The highest BCUT2D eigenvalue weighted by Gasteiger charge is 2.50. The van der Waals surface area contributed by atoms with E-state index >= 15 is 0 Å². The molecule has 2 N–H and O–H groups in total. The van der Waals surface area contributed by atoms with Gasteiger partial charge in [-0.15, -0.1) is 0 Å². The quantitative estimate of drug-likeness (QED) is 0.682. The summed E-state index contributed by atoms with van der Waals surface area (Å²) in [6.07, 6.45) is -2.06. The predicted molar refractivity (Wildman–Crippen MR) is 118 cm³/mol. The fraction of sp³-hybridized carbons (Fsp3) is 0.720. The molecule has 5 nitrogen and oxygen atoms in total. The van der Waals surface area contributed by atoms with Crippen LogP contribution in [0.15, 0.2) is 18.2 Å². The van der Waals surface area contributed by atoms with Gasteiger partial charge in [-0.2, -0.15) is 13.2 Å². The summed E-state index contributed by atoms with van der Waals surface area (Å²) in [5, 5.41) is 13.4. The number of hydrogen-bond acceptors (Lipinski definition) is 4. The van der Waals surface area contributed by atoms with Crippen molar-refractivity contribution >= 4 is 5.91 Å². The van der Waals surface area contributed by atoms with E-state index in [9.17, 15) is 23.1 Å². The molecule has 0 radical (unpaired) electrons. The van der Waals surface area contributed by atoms with E-state index in [0.29, 0.717) is 37.2 Å². The Bertz CT molecular complexity index is 854. The molecule has 0 spiro atoms. The van der Waals surface area contributed by atoms with Crippen LogP contribution in [0.1, 0.15) is 68.7 Å². The van der Waals surface area contributed by atoms with Crippen LogP contribution in [0.2, 0.25) is 0 Å². The number of alkyl halides is 3. The van der Waals surface area contributed by atoms with E-state index in [0.717, 1.165) is 50.9 Å². The number of fused-ring (bicyclic) bond motifs is 1. The van der Waals surface area contributed by atoms with Gasteiger partial charge < -0.3 is 20.1 Å². The lowest BCUT2D eigenvalue weighted by Crippen LogP contribution is -2.49. The maximum atomic E-state index is 13.8. The summed E-state index contributed by atoms with van der Waals surface area (Å²) >= 11 is 0. The van der Waals surface area contributed by atoms with Crippen molar-refractivity contribution in [3.63, 3.8) is 0 Å². The van der Waals surface area contributed by atoms with Crippen LogP contribution in [-0.2, 0) is 22.5 Å². The van der Waals surface area contributed by atoms with E-state index in [1.165, 1.54) is 12.1 Å². The third-order valence-electron chi connectivity index (χ3n) is 7.93. The van der Waals surface area contributed by atoms with Crippen molar-refractivity contribution in [1.29, 1.82) is 0 Å². The molecule has 1 unspecified atom stereocenters. The Hall–Kier alpha value is -1.64. The minimum Gasteiger partial charge on any atom is -0.381 e. The van der Waals surface area contributed by atoms with Gasteiger partial charge in [0, 0.05) is 38.4 Å². The zero-order valence-corrected chi connectivity index (χ0v) is 19.5. The summed E-state index contributed by atoms with van der Waals surface area (Å²) in [6, 6.07) is 5.14. The fourth-order valence-electron chi connectivity index (χ4n) is 5.81. The first-order valence-electron chi connectivity index (χ1n) is 12.1. The van der Waals surface area contributed by atoms with Gasteiger partial charge in [0.25, 0.3) is 0 Å². The van der Waals surface area contributed by atoms with Crippen LogP contribution in [0.25, 0.3) is 0 Å². The Morgan fingerprint density at radius 3 is 2.58 bits per heavy atom. The Balaban J connectivity index is 1.48. The van der Waals surface area contributed by atoms with Crippen LogP contribution in [-0.4, -0.2) is 53.9 Å². The van der Waals surface area contributed by atoms with Gasteiger partial charge in [0.1, 0.15) is 0 Å². The number of nitrogens with zero attached hydrogens (tertiary/aromatic N) is 1. The zero-order valence-electron chi connectivity index (χ0n) is 19.5. The van der Waals surface area contributed by atoms with E-state index in [2.05, 4.69) is 19.2 Å². The molecule has 2 heterocycles. The van der Waals surface area contributed by atoms with E-state index in [1.807, 2.05) is 4.90 Å². The first kappa shape index (κ1) is 24.5. The number of carbonyl (C=O) groups is 1. The van der Waals surface area contributed by atoms with Gasteiger partial charge in [0.05, 0.1) is 5.41 Å². The highest BCUT2D eigenvalue weighted by Crippen LogP contribution is 2.47. The normalized spacial score (nSPS) is 27.6. The van der Waals surface area contributed by atoms with Gasteiger partial charge in [-0.05, 0) is 61.1 Å². The summed E-state index contributed by atoms with van der Waals surface area (Å²) < 4.78 is 44.4. The second-order valence-electron chi connectivity index (χ2n) is 10.3. The van der Waals surface area contributed by atoms with Crippen molar-refractivity contribution < 1.29 is 27.8 Å². The first-order chi connectivity index (χ1) is 15.6. The molecule has 1 amide bonds. The summed E-state index contributed by atoms with van der Waals surface area (Å²) in [6.45, 7) is 6.61. The van der Waals surface area contributed by atoms with Crippen LogP contribution in [0.3, 0.4) is 0 Å². The molecular formula is C25H35F3N2O3. The lowest BCUT2D eigenvalue weighted by molar-refractivity contribution is -0.206. The van der Waals surface area contributed by atoms with Crippen LogP contribution in [0.4, 0.5) is 13.2 Å². The molecule has 1 saturated carbocycles. The van der Waals surface area contributed by atoms with E-state index in [-0.39, 0.29) is 17.4 Å². The van der Waals surface area contributed by atoms with Crippen LogP contribution in [0, 0.1) is 11.3 Å². The van der Waals surface area contributed by atoms with Crippen LogP contribution < -0.4 is 5.32 Å². The van der Waals surface area contributed by atoms with E-state index in [4.69, 9.17) is 4.74 Å². The summed E-state index contributed by atoms with van der Waals surface area (Å²) in [5.74, 6) is 0.285. The number of aliphatic hydroxyl groups excluding tert-OH is 1. The molecule has 1 aromatic carbocycles. The fourth-order valence-corrected chi connectivity index (χ4v) is 5.81. The highest BCUT2D eigenvalue weighted by atomic mass is 19.4. The van der Waals surface area contributed by atoms with Crippen LogP contribution >= 0.6 is 0 Å². The van der Waals surface area contributed by atoms with Gasteiger partial charge in [0.15, 0.2) is 6.10 Å². The average molecular weight is 469 g/mol. The lowest BCUT2D eigenvalue weighted by atomic mass is 9.73. The van der Waals surface area contributed by atoms with Gasteiger partial charge in [-0.25, -0.2) is 0 Å². The molecule has 3 atom stereocenters. The Morgan fingerprint density at radius 1 is 1.18 bits per heavy atom. The van der Waals surface area contributed by atoms with E-state index < -0.39 is 17.7 Å². The largest absolute Gasteiger partial charge is 0.418 e. The molecule has 1 aromatic rings. The number of aliphatic hydroxyl groups is 1. The maximum Gasteiger partial charge on any atom is 0.418 e. The smallest absolute Gasteiger partial charge is 0.381 e. The topological polar surface area (TPSA) is 61.8 Å². The lowest BCUT2D eigenvalue weighted by Gasteiger charge is -2.40. The number of nitrogens with one attached hydrogen (secondary N) is 1. The standard InChI is InChI=1S/C25H35F3N2O3/c1-16(2)24(9-5-21(14-24)29-20-7-11-33-12-8-20)23(32)30-10-6-17-3-4-18(13-19(17)15-30)22(31)25(26,27)28/h3-4,13,16,20-22,29,31H,5-12,14-15H2,1-2H3/t21-,22?,24+/m1/s1. The molecule has 0 bridgehead atoms. The number of halogens is 3. The Labute approximate surface area is 193 Å². The molecule has 184 valence electrons. The SMILES string of the molecule is CC(C)[C@]1(C(=O)N2CCc3ccc(C(O)C(F)(F)F)cc3C2)CC[C@@H](NC2CCOCC2)C1. The van der Waals surface area contributed by atoms with Gasteiger partial charge in [-0.3, -0.25) is 4.79 Å². The predicted octanol–water partition coefficient (Wildman–Crippen LogP) is 4.13. The number of ether oxygens (including phenoxy) is 1. The zero-order chi connectivity index (χ0) is 23.8. The minimum atomic E-state index is -4.71. The number of carbonyl (C=O) groups excluding carboxylic acids is 1. The van der Waals surface area contributed by atoms with Gasteiger partial charge in [-0.1, -0.05) is 32.0 Å². The second kappa shape index (κ2) is 9.55.